The Morgan fingerprint density at radius 2 is 1.83 bits per heavy atom. The van der Waals surface area contributed by atoms with Crippen molar-refractivity contribution in [1.82, 2.24) is 15.5 Å². The van der Waals surface area contributed by atoms with Crippen molar-refractivity contribution in [2.45, 2.75) is 45.1 Å². The highest BCUT2D eigenvalue weighted by Gasteiger charge is 2.11. The van der Waals surface area contributed by atoms with E-state index in [4.69, 9.17) is 0 Å². The van der Waals surface area contributed by atoms with Gasteiger partial charge in [-0.15, -0.1) is 24.0 Å². The molecular formula is C15H33IN4O2S. The summed E-state index contributed by atoms with van der Waals surface area (Å²) >= 11 is 0. The molecule has 1 atom stereocenters. The lowest BCUT2D eigenvalue weighted by atomic mass is 10.2. The summed E-state index contributed by atoms with van der Waals surface area (Å²) in [7, 11) is -1.16. The fourth-order valence-electron chi connectivity index (χ4n) is 2.58. The van der Waals surface area contributed by atoms with Gasteiger partial charge in [0.05, 0.1) is 5.75 Å². The Hall–Kier alpha value is -0.0900. The summed E-state index contributed by atoms with van der Waals surface area (Å²) in [5.74, 6) is 0.946. The topological polar surface area (TPSA) is 73.8 Å². The Morgan fingerprint density at radius 1 is 1.22 bits per heavy atom. The molecule has 0 aromatic heterocycles. The van der Waals surface area contributed by atoms with Gasteiger partial charge in [-0.1, -0.05) is 12.8 Å². The van der Waals surface area contributed by atoms with Crippen LogP contribution in [0.4, 0.5) is 0 Å². The molecule has 0 aliphatic carbocycles. The number of hydrogen-bond acceptors (Lipinski definition) is 4. The highest BCUT2D eigenvalue weighted by molar-refractivity contribution is 14.0. The van der Waals surface area contributed by atoms with E-state index in [1.54, 1.807) is 7.05 Å². The number of likely N-dealkylation sites (tertiary alicyclic amines) is 1. The third-order valence-electron chi connectivity index (χ3n) is 3.95. The van der Waals surface area contributed by atoms with Crippen LogP contribution in [0.2, 0.25) is 0 Å². The molecule has 138 valence electrons. The van der Waals surface area contributed by atoms with Gasteiger partial charge in [-0.2, -0.15) is 0 Å². The van der Waals surface area contributed by atoms with Crippen LogP contribution >= 0.6 is 24.0 Å². The Balaban J connectivity index is 0.00000484. The number of nitrogens with zero attached hydrogens (tertiary/aromatic N) is 2. The van der Waals surface area contributed by atoms with Gasteiger partial charge in [0.25, 0.3) is 0 Å². The quantitative estimate of drug-likeness (QED) is 0.342. The van der Waals surface area contributed by atoms with Crippen LogP contribution in [0.25, 0.3) is 0 Å². The van der Waals surface area contributed by atoms with E-state index in [1.807, 2.05) is 6.92 Å². The second-order valence-corrected chi connectivity index (χ2v) is 8.48. The zero-order valence-corrected chi connectivity index (χ0v) is 17.8. The first-order valence-electron chi connectivity index (χ1n) is 8.28. The number of rotatable bonds is 7. The molecule has 0 amide bonds. The molecule has 8 heteroatoms. The molecule has 0 spiro atoms. The Morgan fingerprint density at radius 3 is 2.35 bits per heavy atom. The third-order valence-corrected chi connectivity index (χ3v) is 4.92. The number of guanidine groups is 1. The van der Waals surface area contributed by atoms with Gasteiger partial charge in [0, 0.05) is 32.4 Å². The second kappa shape index (κ2) is 12.3. The molecule has 1 aliphatic heterocycles. The minimum atomic E-state index is -2.90. The second-order valence-electron chi connectivity index (χ2n) is 6.22. The summed E-state index contributed by atoms with van der Waals surface area (Å²) in [5.41, 5.74) is 0. The molecule has 1 fully saturated rings. The molecule has 1 saturated heterocycles. The van der Waals surface area contributed by atoms with E-state index in [-0.39, 0.29) is 35.8 Å². The summed E-state index contributed by atoms with van der Waals surface area (Å²) in [6, 6.07) is 0.0825. The lowest BCUT2D eigenvalue weighted by Crippen LogP contribution is -2.45. The first-order chi connectivity index (χ1) is 10.4. The summed E-state index contributed by atoms with van der Waals surface area (Å²) in [4.78, 5) is 6.70. The van der Waals surface area contributed by atoms with Crippen LogP contribution in [0, 0.1) is 0 Å². The van der Waals surface area contributed by atoms with E-state index in [9.17, 15) is 8.42 Å². The first kappa shape index (κ1) is 22.9. The molecule has 0 bridgehead atoms. The highest BCUT2D eigenvalue weighted by Crippen LogP contribution is 2.08. The van der Waals surface area contributed by atoms with E-state index < -0.39 is 9.84 Å². The largest absolute Gasteiger partial charge is 0.355 e. The fourth-order valence-corrected chi connectivity index (χ4v) is 3.36. The van der Waals surface area contributed by atoms with E-state index in [2.05, 4.69) is 20.5 Å². The van der Waals surface area contributed by atoms with Crippen LogP contribution in [-0.4, -0.2) is 70.6 Å². The van der Waals surface area contributed by atoms with Crippen molar-refractivity contribution < 1.29 is 8.42 Å². The van der Waals surface area contributed by atoms with E-state index in [0.29, 0.717) is 6.42 Å². The molecule has 0 radical (unpaired) electrons. The highest BCUT2D eigenvalue weighted by atomic mass is 127. The molecule has 2 N–H and O–H groups in total. The number of nitrogens with one attached hydrogen (secondary N) is 2. The standard InChI is InChI=1S/C15H32N4O2S.HI/c1-14(8-13-22(3,20)21)18-15(16-2)17-9-12-19-10-6-4-5-7-11-19;/h14H,4-13H2,1-3H3,(H2,16,17,18);1H. The van der Waals surface area contributed by atoms with Crippen molar-refractivity contribution in [3.05, 3.63) is 0 Å². The number of hydrogen-bond donors (Lipinski definition) is 2. The van der Waals surface area contributed by atoms with Crippen LogP contribution in [0.15, 0.2) is 4.99 Å². The average Bonchev–Trinajstić information content (AvgIpc) is 2.72. The van der Waals surface area contributed by atoms with E-state index in [0.717, 1.165) is 19.0 Å². The van der Waals surface area contributed by atoms with Crippen LogP contribution in [0.5, 0.6) is 0 Å². The van der Waals surface area contributed by atoms with Crippen molar-refractivity contribution in [3.63, 3.8) is 0 Å². The maximum Gasteiger partial charge on any atom is 0.191 e. The zero-order valence-electron chi connectivity index (χ0n) is 14.7. The maximum atomic E-state index is 11.2. The molecule has 0 saturated carbocycles. The van der Waals surface area contributed by atoms with Crippen molar-refractivity contribution in [2.75, 3.05) is 45.2 Å². The predicted octanol–water partition coefficient (Wildman–Crippen LogP) is 1.47. The number of sulfone groups is 1. The molecular weight excluding hydrogens is 427 g/mol. The summed E-state index contributed by atoms with van der Waals surface area (Å²) < 4.78 is 22.4. The van der Waals surface area contributed by atoms with Crippen molar-refractivity contribution in [3.8, 4) is 0 Å². The van der Waals surface area contributed by atoms with Gasteiger partial charge in [-0.05, 0) is 39.3 Å². The third kappa shape index (κ3) is 12.0. The maximum absolute atomic E-state index is 11.2. The summed E-state index contributed by atoms with van der Waals surface area (Å²) in [6.07, 6.45) is 7.17. The fraction of sp³-hybridized carbons (Fsp3) is 0.933. The van der Waals surface area contributed by atoms with E-state index in [1.165, 1.54) is 45.0 Å². The predicted molar refractivity (Wildman–Crippen MR) is 109 cm³/mol. The Labute approximate surface area is 158 Å². The lowest BCUT2D eigenvalue weighted by Gasteiger charge is -2.22. The van der Waals surface area contributed by atoms with Crippen LogP contribution in [0.3, 0.4) is 0 Å². The first-order valence-corrected chi connectivity index (χ1v) is 10.3. The molecule has 0 aromatic rings. The van der Waals surface area contributed by atoms with Gasteiger partial charge < -0.3 is 15.5 Å². The molecule has 23 heavy (non-hydrogen) atoms. The minimum Gasteiger partial charge on any atom is -0.355 e. The minimum absolute atomic E-state index is 0. The van der Waals surface area contributed by atoms with Crippen molar-refractivity contribution in [1.29, 1.82) is 0 Å². The van der Waals surface area contributed by atoms with Crippen molar-refractivity contribution in [2.24, 2.45) is 4.99 Å². The number of aliphatic imine (C=N–C) groups is 1. The average molecular weight is 460 g/mol. The molecule has 0 aromatic carbocycles. The normalized spacial score (nSPS) is 18.7. The van der Waals surface area contributed by atoms with E-state index >= 15 is 0 Å². The van der Waals surface area contributed by atoms with Gasteiger partial charge >= 0.3 is 0 Å². The van der Waals surface area contributed by atoms with Gasteiger partial charge in [-0.25, -0.2) is 8.42 Å². The summed E-state index contributed by atoms with van der Waals surface area (Å²) in [5, 5.41) is 6.56. The van der Waals surface area contributed by atoms with Gasteiger partial charge in [0.15, 0.2) is 5.96 Å². The molecule has 1 rings (SSSR count). The van der Waals surface area contributed by atoms with Crippen LogP contribution < -0.4 is 10.6 Å². The molecule has 1 heterocycles. The van der Waals surface area contributed by atoms with Crippen LogP contribution in [-0.2, 0) is 9.84 Å². The number of halogens is 1. The zero-order chi connectivity index (χ0) is 16.4. The summed E-state index contributed by atoms with van der Waals surface area (Å²) in [6.45, 7) is 6.25. The Bertz CT molecular complexity index is 435. The lowest BCUT2D eigenvalue weighted by molar-refractivity contribution is 0.289. The van der Waals surface area contributed by atoms with Gasteiger partial charge in [-0.3, -0.25) is 4.99 Å². The molecule has 6 nitrogen and oxygen atoms in total. The van der Waals surface area contributed by atoms with Gasteiger partial charge in [0.1, 0.15) is 9.84 Å². The van der Waals surface area contributed by atoms with Crippen molar-refractivity contribution >= 4 is 39.8 Å². The smallest absolute Gasteiger partial charge is 0.191 e. The Kier molecular flexibility index (Phi) is 12.2. The molecule has 1 aliphatic rings. The van der Waals surface area contributed by atoms with Gasteiger partial charge in [0.2, 0.25) is 0 Å². The van der Waals surface area contributed by atoms with Crippen LogP contribution in [0.1, 0.15) is 39.0 Å². The SMILES string of the molecule is CN=C(NCCN1CCCCCC1)NC(C)CCS(C)(=O)=O.I. The molecule has 1 unspecified atom stereocenters. The monoisotopic (exact) mass is 460 g/mol.